The minimum absolute atomic E-state index is 0.0497. The Morgan fingerprint density at radius 1 is 1.29 bits per heavy atom. The van der Waals surface area contributed by atoms with Crippen LogP contribution in [0, 0.1) is 0 Å². The van der Waals surface area contributed by atoms with Crippen LogP contribution in [-0.4, -0.2) is 49.4 Å². The molecule has 1 aliphatic rings. The number of nitrogens with zero attached hydrogens (tertiary/aromatic N) is 1. The van der Waals surface area contributed by atoms with E-state index in [0.29, 0.717) is 5.56 Å². The number of amides is 2. The van der Waals surface area contributed by atoms with Crippen LogP contribution in [-0.2, 0) is 4.79 Å². The van der Waals surface area contributed by atoms with Gasteiger partial charge in [0.05, 0.1) is 23.5 Å². The number of anilines is 2. The SMILES string of the molecule is CC(C)NC(=O)CN(C)C(=O)c1cccc2c1NCCN2. The number of fused-ring (bicyclic) bond motifs is 1. The van der Waals surface area contributed by atoms with Gasteiger partial charge in [-0.15, -0.1) is 0 Å². The Labute approximate surface area is 124 Å². The monoisotopic (exact) mass is 290 g/mol. The maximum absolute atomic E-state index is 12.5. The zero-order chi connectivity index (χ0) is 15.4. The highest BCUT2D eigenvalue weighted by Gasteiger charge is 2.21. The highest BCUT2D eigenvalue weighted by Crippen LogP contribution is 2.28. The Balaban J connectivity index is 2.11. The van der Waals surface area contributed by atoms with Crippen molar-refractivity contribution in [3.05, 3.63) is 23.8 Å². The molecule has 0 unspecified atom stereocenters. The first kappa shape index (κ1) is 15.2. The van der Waals surface area contributed by atoms with Gasteiger partial charge in [-0.1, -0.05) is 6.07 Å². The smallest absolute Gasteiger partial charge is 0.256 e. The standard InChI is InChI=1S/C15H22N4O2/c1-10(2)18-13(20)9-19(3)15(21)11-5-4-6-12-14(11)17-8-7-16-12/h4-6,10,16-17H,7-9H2,1-3H3,(H,18,20). The maximum Gasteiger partial charge on any atom is 0.256 e. The van der Waals surface area contributed by atoms with Gasteiger partial charge in [-0.2, -0.15) is 0 Å². The molecule has 0 bridgehead atoms. The maximum atomic E-state index is 12.5. The molecule has 1 aromatic rings. The molecule has 0 atom stereocenters. The van der Waals surface area contributed by atoms with Crippen LogP contribution in [0.1, 0.15) is 24.2 Å². The van der Waals surface area contributed by atoms with Crippen LogP contribution in [0.25, 0.3) is 0 Å². The summed E-state index contributed by atoms with van der Waals surface area (Å²) in [4.78, 5) is 25.7. The lowest BCUT2D eigenvalue weighted by Gasteiger charge is -2.24. The normalized spacial score (nSPS) is 13.0. The summed E-state index contributed by atoms with van der Waals surface area (Å²) in [5, 5.41) is 9.27. The summed E-state index contributed by atoms with van der Waals surface area (Å²) in [6, 6.07) is 5.62. The van der Waals surface area contributed by atoms with E-state index in [-0.39, 0.29) is 24.4 Å². The molecule has 2 rings (SSSR count). The van der Waals surface area contributed by atoms with Gasteiger partial charge in [-0.25, -0.2) is 0 Å². The lowest BCUT2D eigenvalue weighted by Crippen LogP contribution is -2.41. The molecule has 114 valence electrons. The summed E-state index contributed by atoms with van der Waals surface area (Å²) in [5.41, 5.74) is 2.32. The van der Waals surface area contributed by atoms with Gasteiger partial charge >= 0.3 is 0 Å². The molecule has 0 fully saturated rings. The number of para-hydroxylation sites is 1. The van der Waals surface area contributed by atoms with E-state index in [9.17, 15) is 9.59 Å². The van der Waals surface area contributed by atoms with Gasteiger partial charge in [0.15, 0.2) is 0 Å². The first-order chi connectivity index (χ1) is 9.99. The van der Waals surface area contributed by atoms with Crippen LogP contribution in [0.5, 0.6) is 0 Å². The van der Waals surface area contributed by atoms with Gasteiger partial charge in [-0.3, -0.25) is 9.59 Å². The molecule has 0 aromatic heterocycles. The number of hydrogen-bond acceptors (Lipinski definition) is 4. The Hall–Kier alpha value is -2.24. The van der Waals surface area contributed by atoms with Gasteiger partial charge in [0.1, 0.15) is 0 Å². The second-order valence-corrected chi connectivity index (χ2v) is 5.47. The molecule has 3 N–H and O–H groups in total. The highest BCUT2D eigenvalue weighted by atomic mass is 16.2. The fourth-order valence-electron chi connectivity index (χ4n) is 2.31. The largest absolute Gasteiger partial charge is 0.382 e. The van der Waals surface area contributed by atoms with Crippen LogP contribution in [0.15, 0.2) is 18.2 Å². The summed E-state index contributed by atoms with van der Waals surface area (Å²) >= 11 is 0. The van der Waals surface area contributed by atoms with Gasteiger partial charge in [0.2, 0.25) is 5.91 Å². The van der Waals surface area contributed by atoms with Crippen molar-refractivity contribution in [2.75, 3.05) is 37.3 Å². The van der Waals surface area contributed by atoms with Crippen molar-refractivity contribution in [1.82, 2.24) is 10.2 Å². The predicted molar refractivity (Wildman–Crippen MR) is 83.7 cm³/mol. The minimum Gasteiger partial charge on any atom is -0.382 e. The molecular formula is C15H22N4O2. The van der Waals surface area contributed by atoms with Crippen LogP contribution in [0.4, 0.5) is 11.4 Å². The zero-order valence-corrected chi connectivity index (χ0v) is 12.7. The molecule has 0 radical (unpaired) electrons. The number of benzene rings is 1. The van der Waals surface area contributed by atoms with E-state index in [2.05, 4.69) is 16.0 Å². The Morgan fingerprint density at radius 3 is 2.71 bits per heavy atom. The second kappa shape index (κ2) is 6.47. The summed E-state index contributed by atoms with van der Waals surface area (Å²) in [7, 11) is 1.64. The highest BCUT2D eigenvalue weighted by molar-refractivity contribution is 6.03. The van der Waals surface area contributed by atoms with Crippen molar-refractivity contribution in [3.63, 3.8) is 0 Å². The van der Waals surface area contributed by atoms with Crippen molar-refractivity contribution in [1.29, 1.82) is 0 Å². The van der Waals surface area contributed by atoms with Crippen LogP contribution >= 0.6 is 0 Å². The zero-order valence-electron chi connectivity index (χ0n) is 12.7. The Kier molecular flexibility index (Phi) is 4.67. The van der Waals surface area contributed by atoms with Crippen molar-refractivity contribution in [2.45, 2.75) is 19.9 Å². The number of carbonyl (C=O) groups is 2. The van der Waals surface area contributed by atoms with E-state index in [1.165, 1.54) is 4.90 Å². The van der Waals surface area contributed by atoms with E-state index < -0.39 is 0 Å². The molecule has 1 aliphatic heterocycles. The average Bonchev–Trinajstić information content (AvgIpc) is 2.44. The van der Waals surface area contributed by atoms with Gasteiger partial charge in [-0.05, 0) is 26.0 Å². The topological polar surface area (TPSA) is 73.5 Å². The third kappa shape index (κ3) is 3.65. The molecule has 0 spiro atoms. The number of rotatable bonds is 4. The third-order valence-electron chi connectivity index (χ3n) is 3.21. The van der Waals surface area contributed by atoms with Gasteiger partial charge < -0.3 is 20.9 Å². The van der Waals surface area contributed by atoms with E-state index in [1.807, 2.05) is 26.0 Å². The quantitative estimate of drug-likeness (QED) is 0.777. The number of nitrogens with one attached hydrogen (secondary N) is 3. The molecule has 0 aliphatic carbocycles. The summed E-state index contributed by atoms with van der Waals surface area (Å²) < 4.78 is 0. The van der Waals surface area contributed by atoms with Crippen LogP contribution in [0.3, 0.4) is 0 Å². The predicted octanol–water partition coefficient (Wildman–Crippen LogP) is 1.12. The molecule has 0 saturated heterocycles. The Morgan fingerprint density at radius 2 is 2.00 bits per heavy atom. The first-order valence-electron chi connectivity index (χ1n) is 7.14. The summed E-state index contributed by atoms with van der Waals surface area (Å²) in [6.07, 6.45) is 0. The second-order valence-electron chi connectivity index (χ2n) is 5.47. The van der Waals surface area contributed by atoms with Gasteiger partial charge in [0.25, 0.3) is 5.91 Å². The molecular weight excluding hydrogens is 268 g/mol. The minimum atomic E-state index is -0.165. The molecule has 21 heavy (non-hydrogen) atoms. The van der Waals surface area contributed by atoms with E-state index in [4.69, 9.17) is 0 Å². The third-order valence-corrected chi connectivity index (χ3v) is 3.21. The molecule has 2 amide bonds. The van der Waals surface area contributed by atoms with Crippen LogP contribution in [0.2, 0.25) is 0 Å². The van der Waals surface area contributed by atoms with Crippen molar-refractivity contribution in [2.24, 2.45) is 0 Å². The summed E-state index contributed by atoms with van der Waals surface area (Å²) in [6.45, 7) is 5.44. The van der Waals surface area contributed by atoms with Crippen LogP contribution < -0.4 is 16.0 Å². The number of carbonyl (C=O) groups excluding carboxylic acids is 2. The van der Waals surface area contributed by atoms with Crippen molar-refractivity contribution < 1.29 is 9.59 Å². The van der Waals surface area contributed by atoms with Crippen molar-refractivity contribution in [3.8, 4) is 0 Å². The fraction of sp³-hybridized carbons (Fsp3) is 0.467. The van der Waals surface area contributed by atoms with E-state index >= 15 is 0 Å². The fourth-order valence-corrected chi connectivity index (χ4v) is 2.31. The molecule has 6 nitrogen and oxygen atoms in total. The van der Waals surface area contributed by atoms with E-state index in [1.54, 1.807) is 13.1 Å². The van der Waals surface area contributed by atoms with E-state index in [0.717, 1.165) is 24.5 Å². The lowest BCUT2D eigenvalue weighted by molar-refractivity contribution is -0.122. The van der Waals surface area contributed by atoms with Gasteiger partial charge in [0, 0.05) is 26.2 Å². The summed E-state index contributed by atoms with van der Waals surface area (Å²) in [5.74, 6) is -0.321. The van der Waals surface area contributed by atoms with Crippen molar-refractivity contribution >= 4 is 23.2 Å². The Bertz CT molecular complexity index is 542. The molecule has 0 saturated carbocycles. The number of hydrogen-bond donors (Lipinski definition) is 3. The molecule has 1 aromatic carbocycles. The first-order valence-corrected chi connectivity index (χ1v) is 7.14. The lowest BCUT2D eigenvalue weighted by atomic mass is 10.1. The average molecular weight is 290 g/mol. The molecule has 6 heteroatoms. The number of likely N-dealkylation sites (N-methyl/N-ethyl adjacent to an activating group) is 1. The molecule has 1 heterocycles.